The Balaban J connectivity index is 1.98. The molecule has 0 atom stereocenters. The molecule has 0 radical (unpaired) electrons. The van der Waals surface area contributed by atoms with Crippen LogP contribution < -0.4 is 0 Å². The highest BCUT2D eigenvalue weighted by Crippen LogP contribution is 2.14. The van der Waals surface area contributed by atoms with E-state index in [2.05, 4.69) is 16.4 Å². The van der Waals surface area contributed by atoms with Gasteiger partial charge in [-0.2, -0.15) is 4.68 Å². The van der Waals surface area contributed by atoms with Crippen molar-refractivity contribution in [3.8, 4) is 0 Å². The molecule has 5 nitrogen and oxygen atoms in total. The van der Waals surface area contributed by atoms with Gasteiger partial charge in [0.05, 0.1) is 5.52 Å². The molecule has 0 unspecified atom stereocenters. The molecule has 5 heteroatoms. The highest BCUT2D eigenvalue weighted by Gasteiger charge is 2.19. The SMILES string of the molecule is Cc1ccc2c(c1)nnn2C(=O)N1CC=CCC1. The van der Waals surface area contributed by atoms with E-state index >= 15 is 0 Å². The van der Waals surface area contributed by atoms with Gasteiger partial charge >= 0.3 is 6.03 Å². The zero-order valence-corrected chi connectivity index (χ0v) is 10.2. The molecule has 0 bridgehead atoms. The second-order valence-electron chi connectivity index (χ2n) is 4.48. The largest absolute Gasteiger partial charge is 0.346 e. The highest BCUT2D eigenvalue weighted by molar-refractivity contribution is 5.88. The third-order valence-corrected chi connectivity index (χ3v) is 3.11. The molecule has 1 aromatic carbocycles. The molecule has 2 heterocycles. The van der Waals surface area contributed by atoms with Crippen LogP contribution in [0.25, 0.3) is 11.0 Å². The van der Waals surface area contributed by atoms with Crippen molar-refractivity contribution in [2.24, 2.45) is 0 Å². The minimum Gasteiger partial charge on any atom is -0.319 e. The van der Waals surface area contributed by atoms with E-state index in [0.717, 1.165) is 29.6 Å². The lowest BCUT2D eigenvalue weighted by Gasteiger charge is -2.22. The Hall–Kier alpha value is -2.17. The average molecular weight is 242 g/mol. The summed E-state index contributed by atoms with van der Waals surface area (Å²) in [7, 11) is 0. The summed E-state index contributed by atoms with van der Waals surface area (Å²) >= 11 is 0. The predicted molar refractivity (Wildman–Crippen MR) is 68.4 cm³/mol. The van der Waals surface area contributed by atoms with Crippen LogP contribution in [0.3, 0.4) is 0 Å². The first-order valence-electron chi connectivity index (χ1n) is 6.02. The van der Waals surface area contributed by atoms with Crippen molar-refractivity contribution in [2.45, 2.75) is 13.3 Å². The van der Waals surface area contributed by atoms with E-state index in [9.17, 15) is 4.79 Å². The maximum Gasteiger partial charge on any atom is 0.346 e. The second-order valence-corrected chi connectivity index (χ2v) is 4.48. The molecule has 3 rings (SSSR count). The molecule has 1 aromatic heterocycles. The number of fused-ring (bicyclic) bond motifs is 1. The smallest absolute Gasteiger partial charge is 0.319 e. The van der Waals surface area contributed by atoms with Gasteiger partial charge in [0.1, 0.15) is 5.52 Å². The zero-order chi connectivity index (χ0) is 12.5. The number of aromatic nitrogens is 3. The van der Waals surface area contributed by atoms with Gasteiger partial charge < -0.3 is 4.90 Å². The van der Waals surface area contributed by atoms with Crippen LogP contribution in [0.2, 0.25) is 0 Å². The fourth-order valence-corrected chi connectivity index (χ4v) is 2.12. The molecule has 1 aliphatic heterocycles. The molecule has 0 saturated heterocycles. The number of nitrogens with zero attached hydrogens (tertiary/aromatic N) is 4. The van der Waals surface area contributed by atoms with E-state index in [1.165, 1.54) is 4.68 Å². The quantitative estimate of drug-likeness (QED) is 0.664. The zero-order valence-electron chi connectivity index (χ0n) is 10.2. The number of carbonyl (C=O) groups excluding carboxylic acids is 1. The number of aryl methyl sites for hydroxylation is 1. The Morgan fingerprint density at radius 1 is 1.33 bits per heavy atom. The molecule has 92 valence electrons. The molecule has 18 heavy (non-hydrogen) atoms. The number of hydrogen-bond acceptors (Lipinski definition) is 3. The van der Waals surface area contributed by atoms with Crippen LogP contribution >= 0.6 is 0 Å². The monoisotopic (exact) mass is 242 g/mol. The Morgan fingerprint density at radius 3 is 3.00 bits per heavy atom. The summed E-state index contributed by atoms with van der Waals surface area (Å²) in [5, 5.41) is 8.01. The van der Waals surface area contributed by atoms with Crippen LogP contribution in [0.1, 0.15) is 12.0 Å². The molecule has 0 fully saturated rings. The van der Waals surface area contributed by atoms with Gasteiger partial charge in [-0.05, 0) is 31.0 Å². The van der Waals surface area contributed by atoms with Crippen LogP contribution in [0.4, 0.5) is 4.79 Å². The summed E-state index contributed by atoms with van der Waals surface area (Å²) in [5.41, 5.74) is 2.64. The Labute approximate surface area is 105 Å². The van der Waals surface area contributed by atoms with Gasteiger partial charge in [-0.15, -0.1) is 5.10 Å². The maximum atomic E-state index is 12.3. The van der Waals surface area contributed by atoms with Crippen LogP contribution in [0.15, 0.2) is 30.4 Å². The minimum atomic E-state index is -0.106. The van der Waals surface area contributed by atoms with Gasteiger partial charge in [-0.25, -0.2) is 4.79 Å². The van der Waals surface area contributed by atoms with Gasteiger partial charge in [-0.1, -0.05) is 23.4 Å². The summed E-state index contributed by atoms with van der Waals surface area (Å²) < 4.78 is 1.38. The highest BCUT2D eigenvalue weighted by atomic mass is 16.2. The minimum absolute atomic E-state index is 0.106. The third-order valence-electron chi connectivity index (χ3n) is 3.11. The first kappa shape index (κ1) is 11.0. The fourth-order valence-electron chi connectivity index (χ4n) is 2.12. The summed E-state index contributed by atoms with van der Waals surface area (Å²) in [5.74, 6) is 0. The normalized spacial score (nSPS) is 15.3. The van der Waals surface area contributed by atoms with Gasteiger partial charge in [0.25, 0.3) is 0 Å². The third kappa shape index (κ3) is 1.77. The van der Waals surface area contributed by atoms with Crippen molar-refractivity contribution in [2.75, 3.05) is 13.1 Å². The van der Waals surface area contributed by atoms with Gasteiger partial charge in [-0.3, -0.25) is 0 Å². The lowest BCUT2D eigenvalue weighted by molar-refractivity contribution is 0.201. The van der Waals surface area contributed by atoms with E-state index in [0.29, 0.717) is 6.54 Å². The van der Waals surface area contributed by atoms with Crippen molar-refractivity contribution >= 4 is 17.1 Å². The second kappa shape index (κ2) is 4.25. The molecule has 0 spiro atoms. The van der Waals surface area contributed by atoms with Crippen molar-refractivity contribution in [3.05, 3.63) is 35.9 Å². The summed E-state index contributed by atoms with van der Waals surface area (Å²) in [4.78, 5) is 14.1. The van der Waals surface area contributed by atoms with Gasteiger partial charge in [0.2, 0.25) is 0 Å². The van der Waals surface area contributed by atoms with Crippen LogP contribution in [-0.4, -0.2) is 39.0 Å². The van der Waals surface area contributed by atoms with Crippen molar-refractivity contribution < 1.29 is 4.79 Å². The standard InChI is InChI=1S/C13H14N4O/c1-10-5-6-12-11(9-10)14-15-17(12)13(18)16-7-3-2-4-8-16/h2-3,5-6,9H,4,7-8H2,1H3. The molecule has 0 N–H and O–H groups in total. The molecule has 2 aromatic rings. The number of hydrogen-bond donors (Lipinski definition) is 0. The number of amides is 1. The lowest BCUT2D eigenvalue weighted by Crippen LogP contribution is -2.37. The molecule has 0 aliphatic carbocycles. The first-order valence-corrected chi connectivity index (χ1v) is 6.02. The fraction of sp³-hybridized carbons (Fsp3) is 0.308. The van der Waals surface area contributed by atoms with Crippen molar-refractivity contribution in [1.29, 1.82) is 0 Å². The summed E-state index contributed by atoms with van der Waals surface area (Å²) in [6, 6.07) is 5.68. The molecule has 1 amide bonds. The lowest BCUT2D eigenvalue weighted by atomic mass is 10.2. The van der Waals surface area contributed by atoms with Crippen molar-refractivity contribution in [3.63, 3.8) is 0 Å². The number of rotatable bonds is 0. The summed E-state index contributed by atoms with van der Waals surface area (Å²) in [6.07, 6.45) is 4.99. The van der Waals surface area contributed by atoms with E-state index in [1.54, 1.807) is 4.90 Å². The van der Waals surface area contributed by atoms with E-state index in [-0.39, 0.29) is 6.03 Å². The Kier molecular flexibility index (Phi) is 2.59. The molecule has 0 saturated carbocycles. The molecular weight excluding hydrogens is 228 g/mol. The Morgan fingerprint density at radius 2 is 2.22 bits per heavy atom. The predicted octanol–water partition coefficient (Wildman–Crippen LogP) is 1.97. The van der Waals surface area contributed by atoms with E-state index < -0.39 is 0 Å². The van der Waals surface area contributed by atoms with Crippen LogP contribution in [0, 0.1) is 6.92 Å². The van der Waals surface area contributed by atoms with Gasteiger partial charge in [0.15, 0.2) is 0 Å². The van der Waals surface area contributed by atoms with E-state index in [1.807, 2.05) is 31.2 Å². The van der Waals surface area contributed by atoms with Crippen molar-refractivity contribution in [1.82, 2.24) is 19.9 Å². The molecular formula is C13H14N4O. The maximum absolute atomic E-state index is 12.3. The Bertz CT molecular complexity index is 629. The van der Waals surface area contributed by atoms with Gasteiger partial charge in [0, 0.05) is 13.1 Å². The average Bonchev–Trinajstić information content (AvgIpc) is 2.81. The van der Waals surface area contributed by atoms with E-state index in [4.69, 9.17) is 0 Å². The van der Waals surface area contributed by atoms with Crippen LogP contribution in [-0.2, 0) is 0 Å². The van der Waals surface area contributed by atoms with Crippen LogP contribution in [0.5, 0.6) is 0 Å². The first-order chi connectivity index (χ1) is 8.75. The summed E-state index contributed by atoms with van der Waals surface area (Å²) in [6.45, 7) is 3.38. The molecule has 1 aliphatic rings. The number of benzene rings is 1. The number of carbonyl (C=O) groups is 1. The topological polar surface area (TPSA) is 51.0 Å².